The maximum absolute atomic E-state index is 12.3. The molecule has 0 aliphatic carbocycles. The van der Waals surface area contributed by atoms with Crippen LogP contribution in [0.1, 0.15) is 12.8 Å². The number of ether oxygens (including phenoxy) is 1. The SMILES string of the molecule is O=c1c(Br)cc2c(O)cncc2n1CC1CCOCC1. The standard InChI is InChI=1S/C14H15BrN2O3/c15-11-5-10-12(6-16-7-13(10)18)17(14(11)19)8-9-1-3-20-4-2-9/h5-7,9,18H,1-4,8H2. The van der Waals surface area contributed by atoms with Gasteiger partial charge in [0.25, 0.3) is 5.56 Å². The molecule has 3 heterocycles. The van der Waals surface area contributed by atoms with Crippen LogP contribution in [0.25, 0.3) is 10.9 Å². The van der Waals surface area contributed by atoms with Crippen LogP contribution < -0.4 is 5.56 Å². The molecule has 5 nitrogen and oxygen atoms in total. The third-order valence-corrected chi connectivity index (χ3v) is 4.31. The molecule has 0 atom stereocenters. The van der Waals surface area contributed by atoms with E-state index in [1.165, 1.54) is 6.20 Å². The fourth-order valence-electron chi connectivity index (χ4n) is 2.61. The van der Waals surface area contributed by atoms with Crippen LogP contribution >= 0.6 is 15.9 Å². The molecule has 0 spiro atoms. The van der Waals surface area contributed by atoms with Crippen LogP contribution in [-0.2, 0) is 11.3 Å². The van der Waals surface area contributed by atoms with E-state index in [1.54, 1.807) is 16.8 Å². The summed E-state index contributed by atoms with van der Waals surface area (Å²) in [4.78, 5) is 16.3. The van der Waals surface area contributed by atoms with Gasteiger partial charge < -0.3 is 14.4 Å². The summed E-state index contributed by atoms with van der Waals surface area (Å²) >= 11 is 3.28. The summed E-state index contributed by atoms with van der Waals surface area (Å²) < 4.78 is 7.50. The molecule has 0 amide bonds. The van der Waals surface area contributed by atoms with Gasteiger partial charge in [0.05, 0.1) is 22.4 Å². The van der Waals surface area contributed by atoms with E-state index in [2.05, 4.69) is 20.9 Å². The number of fused-ring (bicyclic) bond motifs is 1. The van der Waals surface area contributed by atoms with Crippen molar-refractivity contribution in [3.63, 3.8) is 0 Å². The second-order valence-corrected chi connectivity index (χ2v) is 5.91. The van der Waals surface area contributed by atoms with Crippen molar-refractivity contribution in [2.45, 2.75) is 19.4 Å². The first-order chi connectivity index (χ1) is 9.66. The van der Waals surface area contributed by atoms with Crippen LogP contribution in [0.5, 0.6) is 5.75 Å². The Morgan fingerprint density at radius 1 is 1.40 bits per heavy atom. The number of pyridine rings is 2. The van der Waals surface area contributed by atoms with Gasteiger partial charge >= 0.3 is 0 Å². The van der Waals surface area contributed by atoms with E-state index in [0.717, 1.165) is 26.1 Å². The Morgan fingerprint density at radius 3 is 2.90 bits per heavy atom. The second kappa shape index (κ2) is 5.54. The molecule has 6 heteroatoms. The third-order valence-electron chi connectivity index (χ3n) is 3.74. The van der Waals surface area contributed by atoms with Gasteiger partial charge in [0, 0.05) is 25.1 Å². The van der Waals surface area contributed by atoms with Crippen molar-refractivity contribution in [1.29, 1.82) is 0 Å². The molecule has 0 bridgehead atoms. The predicted octanol–water partition coefficient (Wildman–Crippen LogP) is 2.29. The maximum Gasteiger partial charge on any atom is 0.265 e. The van der Waals surface area contributed by atoms with Crippen molar-refractivity contribution in [2.75, 3.05) is 13.2 Å². The van der Waals surface area contributed by atoms with Crippen LogP contribution in [0.3, 0.4) is 0 Å². The van der Waals surface area contributed by atoms with Crippen molar-refractivity contribution in [2.24, 2.45) is 5.92 Å². The van der Waals surface area contributed by atoms with Gasteiger partial charge in [-0.05, 0) is 40.8 Å². The van der Waals surface area contributed by atoms with E-state index in [4.69, 9.17) is 4.74 Å². The Balaban J connectivity index is 2.10. The lowest BCUT2D eigenvalue weighted by Gasteiger charge is -2.23. The lowest BCUT2D eigenvalue weighted by Crippen LogP contribution is -2.28. The van der Waals surface area contributed by atoms with Gasteiger partial charge in [0.15, 0.2) is 0 Å². The number of aromatic nitrogens is 2. The highest BCUT2D eigenvalue weighted by Crippen LogP contribution is 2.26. The summed E-state index contributed by atoms with van der Waals surface area (Å²) in [6.45, 7) is 2.12. The monoisotopic (exact) mass is 338 g/mol. The van der Waals surface area contributed by atoms with E-state index in [0.29, 0.717) is 27.8 Å². The van der Waals surface area contributed by atoms with Gasteiger partial charge in [0.1, 0.15) is 5.75 Å². The third kappa shape index (κ3) is 2.45. The minimum absolute atomic E-state index is 0.0867. The number of aromatic hydroxyl groups is 1. The molecule has 0 radical (unpaired) electrons. The number of nitrogens with zero attached hydrogens (tertiary/aromatic N) is 2. The first-order valence-corrected chi connectivity index (χ1v) is 7.40. The molecular formula is C14H15BrN2O3. The van der Waals surface area contributed by atoms with Crippen molar-refractivity contribution in [3.05, 3.63) is 33.3 Å². The highest BCUT2D eigenvalue weighted by molar-refractivity contribution is 9.10. The normalized spacial score (nSPS) is 16.6. The van der Waals surface area contributed by atoms with Crippen LogP contribution in [0.15, 0.2) is 27.7 Å². The molecular weight excluding hydrogens is 324 g/mol. The minimum atomic E-state index is -0.0867. The summed E-state index contributed by atoms with van der Waals surface area (Å²) in [5.41, 5.74) is 0.584. The lowest BCUT2D eigenvalue weighted by atomic mass is 10.00. The van der Waals surface area contributed by atoms with E-state index >= 15 is 0 Å². The zero-order valence-electron chi connectivity index (χ0n) is 10.9. The molecule has 0 aromatic carbocycles. The average molecular weight is 339 g/mol. The van der Waals surface area contributed by atoms with Gasteiger partial charge in [-0.25, -0.2) is 0 Å². The molecule has 0 saturated carbocycles. The largest absolute Gasteiger partial charge is 0.506 e. The summed E-state index contributed by atoms with van der Waals surface area (Å²) in [6.07, 6.45) is 4.92. The lowest BCUT2D eigenvalue weighted by molar-refractivity contribution is 0.0613. The van der Waals surface area contributed by atoms with Crippen molar-refractivity contribution in [1.82, 2.24) is 9.55 Å². The van der Waals surface area contributed by atoms with Crippen LogP contribution in [-0.4, -0.2) is 27.9 Å². The molecule has 1 aliphatic heterocycles. The van der Waals surface area contributed by atoms with Crippen LogP contribution in [0.2, 0.25) is 0 Å². The first-order valence-electron chi connectivity index (χ1n) is 6.60. The van der Waals surface area contributed by atoms with Crippen molar-refractivity contribution in [3.8, 4) is 5.75 Å². The molecule has 106 valence electrons. The Morgan fingerprint density at radius 2 is 2.15 bits per heavy atom. The first kappa shape index (κ1) is 13.6. The fourth-order valence-corrected chi connectivity index (χ4v) is 3.05. The molecule has 2 aromatic rings. The Labute approximate surface area is 124 Å². The Bertz CT molecular complexity index is 693. The summed E-state index contributed by atoms with van der Waals surface area (Å²) in [6, 6.07) is 1.65. The van der Waals surface area contributed by atoms with E-state index in [9.17, 15) is 9.90 Å². The topological polar surface area (TPSA) is 64.3 Å². The molecule has 1 fully saturated rings. The summed E-state index contributed by atoms with van der Waals surface area (Å²) in [5.74, 6) is 0.505. The molecule has 1 saturated heterocycles. The van der Waals surface area contributed by atoms with Crippen molar-refractivity contribution < 1.29 is 9.84 Å². The van der Waals surface area contributed by atoms with Gasteiger partial charge in [-0.3, -0.25) is 9.78 Å². The van der Waals surface area contributed by atoms with E-state index < -0.39 is 0 Å². The maximum atomic E-state index is 12.3. The zero-order chi connectivity index (χ0) is 14.1. The number of rotatable bonds is 2. The fraction of sp³-hybridized carbons (Fsp3) is 0.429. The van der Waals surface area contributed by atoms with Gasteiger partial charge in [-0.1, -0.05) is 0 Å². The van der Waals surface area contributed by atoms with Crippen LogP contribution in [0.4, 0.5) is 0 Å². The number of halogens is 1. The number of hydrogen-bond donors (Lipinski definition) is 1. The quantitative estimate of drug-likeness (QED) is 0.912. The van der Waals surface area contributed by atoms with E-state index in [1.807, 2.05) is 0 Å². The van der Waals surface area contributed by atoms with Crippen molar-refractivity contribution >= 4 is 26.8 Å². The smallest absolute Gasteiger partial charge is 0.265 e. The Kier molecular flexibility index (Phi) is 3.76. The minimum Gasteiger partial charge on any atom is -0.506 e. The van der Waals surface area contributed by atoms with Gasteiger partial charge in [-0.15, -0.1) is 0 Å². The highest BCUT2D eigenvalue weighted by atomic mass is 79.9. The average Bonchev–Trinajstić information content (AvgIpc) is 2.46. The molecule has 1 aliphatic rings. The molecule has 3 rings (SSSR count). The summed E-state index contributed by atoms with van der Waals surface area (Å²) in [7, 11) is 0. The molecule has 2 aromatic heterocycles. The van der Waals surface area contributed by atoms with Gasteiger partial charge in [-0.2, -0.15) is 0 Å². The molecule has 1 N–H and O–H groups in total. The summed E-state index contributed by atoms with van der Waals surface area (Å²) in [5, 5.41) is 10.5. The molecule has 20 heavy (non-hydrogen) atoms. The van der Waals surface area contributed by atoms with E-state index in [-0.39, 0.29) is 11.3 Å². The molecule has 0 unspecified atom stereocenters. The highest BCUT2D eigenvalue weighted by Gasteiger charge is 2.18. The van der Waals surface area contributed by atoms with Gasteiger partial charge in [0.2, 0.25) is 0 Å². The Hall–Kier alpha value is -1.40. The zero-order valence-corrected chi connectivity index (χ0v) is 12.5. The van der Waals surface area contributed by atoms with Crippen LogP contribution in [0, 0.1) is 5.92 Å². The number of hydrogen-bond acceptors (Lipinski definition) is 4. The predicted molar refractivity (Wildman–Crippen MR) is 78.9 cm³/mol. The second-order valence-electron chi connectivity index (χ2n) is 5.06.